The van der Waals surface area contributed by atoms with Crippen LogP contribution in [0, 0.1) is 5.41 Å². The SMILES string of the molecule is CCN(CC)C(C)CNC(=NC)NCC1(CC)CCC1. The van der Waals surface area contributed by atoms with Crippen LogP contribution in [0.3, 0.4) is 0 Å². The van der Waals surface area contributed by atoms with Gasteiger partial charge in [0.25, 0.3) is 0 Å². The van der Waals surface area contributed by atoms with Crippen LogP contribution in [0.5, 0.6) is 0 Å². The molecule has 1 saturated carbocycles. The van der Waals surface area contributed by atoms with Crippen molar-refractivity contribution in [2.75, 3.05) is 33.2 Å². The Morgan fingerprint density at radius 1 is 1.20 bits per heavy atom. The Labute approximate surface area is 125 Å². The summed E-state index contributed by atoms with van der Waals surface area (Å²) in [6.45, 7) is 13.2. The summed E-state index contributed by atoms with van der Waals surface area (Å²) in [5.74, 6) is 0.948. The van der Waals surface area contributed by atoms with Crippen molar-refractivity contribution in [3.05, 3.63) is 0 Å². The summed E-state index contributed by atoms with van der Waals surface area (Å²) in [4.78, 5) is 6.80. The van der Waals surface area contributed by atoms with Crippen LogP contribution in [-0.4, -0.2) is 50.1 Å². The predicted molar refractivity (Wildman–Crippen MR) is 88.3 cm³/mol. The van der Waals surface area contributed by atoms with E-state index in [-0.39, 0.29) is 0 Å². The van der Waals surface area contributed by atoms with Gasteiger partial charge in [0, 0.05) is 26.2 Å². The topological polar surface area (TPSA) is 39.7 Å². The van der Waals surface area contributed by atoms with E-state index in [9.17, 15) is 0 Å². The molecule has 0 spiro atoms. The molecule has 0 aromatic carbocycles. The first-order valence-electron chi connectivity index (χ1n) is 8.29. The molecule has 0 bridgehead atoms. The molecular formula is C16H34N4. The van der Waals surface area contributed by atoms with Crippen LogP contribution >= 0.6 is 0 Å². The van der Waals surface area contributed by atoms with Gasteiger partial charge in [-0.05, 0) is 44.7 Å². The molecule has 0 radical (unpaired) electrons. The Bertz CT molecular complexity index is 287. The molecule has 1 rings (SSSR count). The first-order valence-corrected chi connectivity index (χ1v) is 8.29. The minimum absolute atomic E-state index is 0.530. The summed E-state index contributed by atoms with van der Waals surface area (Å²) in [5.41, 5.74) is 0.530. The normalized spacial score (nSPS) is 19.6. The maximum atomic E-state index is 4.34. The third-order valence-corrected chi connectivity index (χ3v) is 5.02. The second kappa shape index (κ2) is 8.50. The number of aliphatic imine (C=N–C) groups is 1. The Morgan fingerprint density at radius 3 is 2.25 bits per heavy atom. The highest BCUT2D eigenvalue weighted by Gasteiger charge is 2.34. The first-order chi connectivity index (χ1) is 9.60. The van der Waals surface area contributed by atoms with Gasteiger partial charge < -0.3 is 10.6 Å². The van der Waals surface area contributed by atoms with Crippen molar-refractivity contribution in [2.45, 2.75) is 59.4 Å². The molecule has 1 fully saturated rings. The van der Waals surface area contributed by atoms with E-state index in [0.717, 1.165) is 32.1 Å². The molecule has 0 heterocycles. The maximum absolute atomic E-state index is 4.34. The third-order valence-electron chi connectivity index (χ3n) is 5.02. The Hall–Kier alpha value is -0.770. The third kappa shape index (κ3) is 4.65. The fraction of sp³-hybridized carbons (Fsp3) is 0.938. The molecular weight excluding hydrogens is 248 g/mol. The van der Waals surface area contributed by atoms with Crippen molar-refractivity contribution < 1.29 is 0 Å². The van der Waals surface area contributed by atoms with E-state index in [4.69, 9.17) is 0 Å². The molecule has 1 unspecified atom stereocenters. The Balaban J connectivity index is 2.33. The molecule has 2 N–H and O–H groups in total. The van der Waals surface area contributed by atoms with Crippen molar-refractivity contribution in [1.29, 1.82) is 0 Å². The van der Waals surface area contributed by atoms with Gasteiger partial charge in [0.15, 0.2) is 5.96 Å². The van der Waals surface area contributed by atoms with Crippen LogP contribution in [0.2, 0.25) is 0 Å². The lowest BCUT2D eigenvalue weighted by molar-refractivity contribution is 0.131. The summed E-state index contributed by atoms with van der Waals surface area (Å²) in [6.07, 6.45) is 5.39. The average Bonchev–Trinajstić information content (AvgIpc) is 2.42. The molecule has 4 heteroatoms. The highest BCUT2D eigenvalue weighted by Crippen LogP contribution is 2.42. The van der Waals surface area contributed by atoms with Gasteiger partial charge in [0.1, 0.15) is 0 Å². The van der Waals surface area contributed by atoms with Crippen LogP contribution in [-0.2, 0) is 0 Å². The van der Waals surface area contributed by atoms with Crippen molar-refractivity contribution in [1.82, 2.24) is 15.5 Å². The number of hydrogen-bond donors (Lipinski definition) is 2. The fourth-order valence-electron chi connectivity index (χ4n) is 3.04. The molecule has 4 nitrogen and oxygen atoms in total. The zero-order chi connectivity index (χ0) is 15.0. The Kier molecular flexibility index (Phi) is 7.35. The lowest BCUT2D eigenvalue weighted by Gasteiger charge is -2.41. The summed E-state index contributed by atoms with van der Waals surface area (Å²) in [6, 6.07) is 0.535. The molecule has 0 aliphatic heterocycles. The van der Waals surface area contributed by atoms with Crippen molar-refractivity contribution in [3.8, 4) is 0 Å². The molecule has 0 aromatic rings. The lowest BCUT2D eigenvalue weighted by Crippen LogP contribution is -2.49. The quantitative estimate of drug-likeness (QED) is 0.531. The molecule has 1 aliphatic carbocycles. The van der Waals surface area contributed by atoms with E-state index in [1.165, 1.54) is 25.7 Å². The van der Waals surface area contributed by atoms with Gasteiger partial charge in [-0.15, -0.1) is 0 Å². The summed E-state index contributed by atoms with van der Waals surface area (Å²) >= 11 is 0. The van der Waals surface area contributed by atoms with Gasteiger partial charge in [-0.2, -0.15) is 0 Å². The van der Waals surface area contributed by atoms with Gasteiger partial charge in [-0.1, -0.05) is 27.2 Å². The monoisotopic (exact) mass is 282 g/mol. The standard InChI is InChI=1S/C16H34N4/c1-6-16(10-9-11-16)13-19-15(17-5)18-12-14(4)20(7-2)8-3/h14H,6-13H2,1-5H3,(H2,17,18,19). The maximum Gasteiger partial charge on any atom is 0.191 e. The van der Waals surface area contributed by atoms with Crippen LogP contribution in [0.1, 0.15) is 53.4 Å². The van der Waals surface area contributed by atoms with E-state index in [1.807, 2.05) is 7.05 Å². The number of hydrogen-bond acceptors (Lipinski definition) is 2. The molecule has 0 amide bonds. The number of guanidine groups is 1. The van der Waals surface area contributed by atoms with Crippen molar-refractivity contribution in [3.63, 3.8) is 0 Å². The van der Waals surface area contributed by atoms with E-state index < -0.39 is 0 Å². The summed E-state index contributed by atoms with van der Waals surface area (Å²) in [7, 11) is 1.86. The minimum atomic E-state index is 0.530. The smallest absolute Gasteiger partial charge is 0.191 e. The van der Waals surface area contributed by atoms with Crippen LogP contribution < -0.4 is 10.6 Å². The number of nitrogens with one attached hydrogen (secondary N) is 2. The van der Waals surface area contributed by atoms with Gasteiger partial charge >= 0.3 is 0 Å². The molecule has 118 valence electrons. The predicted octanol–water partition coefficient (Wildman–Crippen LogP) is 2.46. The fourth-order valence-corrected chi connectivity index (χ4v) is 3.04. The van der Waals surface area contributed by atoms with Crippen molar-refractivity contribution >= 4 is 5.96 Å². The average molecular weight is 282 g/mol. The van der Waals surface area contributed by atoms with Crippen LogP contribution in [0.25, 0.3) is 0 Å². The van der Waals surface area contributed by atoms with Gasteiger partial charge in [0.2, 0.25) is 0 Å². The number of rotatable bonds is 8. The van der Waals surface area contributed by atoms with Crippen LogP contribution in [0.15, 0.2) is 4.99 Å². The van der Waals surface area contributed by atoms with Gasteiger partial charge in [-0.25, -0.2) is 0 Å². The Morgan fingerprint density at radius 2 is 1.85 bits per heavy atom. The van der Waals surface area contributed by atoms with E-state index >= 15 is 0 Å². The largest absolute Gasteiger partial charge is 0.356 e. The lowest BCUT2D eigenvalue weighted by atomic mass is 9.67. The molecule has 1 aliphatic rings. The highest BCUT2D eigenvalue weighted by molar-refractivity contribution is 5.79. The van der Waals surface area contributed by atoms with Crippen LogP contribution in [0.4, 0.5) is 0 Å². The zero-order valence-electron chi connectivity index (χ0n) is 14.1. The van der Waals surface area contributed by atoms with Gasteiger partial charge in [0.05, 0.1) is 0 Å². The van der Waals surface area contributed by atoms with Gasteiger partial charge in [-0.3, -0.25) is 9.89 Å². The molecule has 20 heavy (non-hydrogen) atoms. The minimum Gasteiger partial charge on any atom is -0.356 e. The molecule has 0 saturated heterocycles. The van der Waals surface area contributed by atoms with E-state index in [1.54, 1.807) is 0 Å². The summed E-state index contributed by atoms with van der Waals surface area (Å²) in [5, 5.41) is 6.97. The van der Waals surface area contributed by atoms with Crippen molar-refractivity contribution in [2.24, 2.45) is 10.4 Å². The molecule has 0 aromatic heterocycles. The number of likely N-dealkylation sites (N-methyl/N-ethyl adjacent to an activating group) is 1. The highest BCUT2D eigenvalue weighted by atomic mass is 15.2. The van der Waals surface area contributed by atoms with E-state index in [2.05, 4.69) is 48.2 Å². The molecule has 1 atom stereocenters. The zero-order valence-corrected chi connectivity index (χ0v) is 14.1. The second-order valence-corrected chi connectivity index (χ2v) is 6.08. The first kappa shape index (κ1) is 17.3. The second-order valence-electron chi connectivity index (χ2n) is 6.08. The number of nitrogens with zero attached hydrogens (tertiary/aromatic N) is 2. The summed E-state index contributed by atoms with van der Waals surface area (Å²) < 4.78 is 0. The van der Waals surface area contributed by atoms with E-state index in [0.29, 0.717) is 11.5 Å².